The first-order valence-corrected chi connectivity index (χ1v) is 6.01. The van der Waals surface area contributed by atoms with E-state index in [0.29, 0.717) is 11.5 Å². The number of hydrogen-bond acceptors (Lipinski definition) is 2. The summed E-state index contributed by atoms with van der Waals surface area (Å²) in [7, 11) is 0. The predicted octanol–water partition coefficient (Wildman–Crippen LogP) is 1.68. The third-order valence-corrected chi connectivity index (χ3v) is 3.19. The van der Waals surface area contributed by atoms with Crippen molar-refractivity contribution in [3.05, 3.63) is 0 Å². The molecule has 0 aromatic heterocycles. The number of carbonyl (C=O) groups excluding carboxylic acids is 1. The van der Waals surface area contributed by atoms with Gasteiger partial charge >= 0.3 is 0 Å². The van der Waals surface area contributed by atoms with Gasteiger partial charge in [0.2, 0.25) is 5.91 Å². The molecule has 1 saturated carbocycles. The fraction of sp³-hybridized carbons (Fsp3) is 0.917. The number of rotatable bonds is 6. The van der Waals surface area contributed by atoms with Crippen molar-refractivity contribution in [3.8, 4) is 0 Å². The van der Waals surface area contributed by atoms with Gasteiger partial charge in [0.25, 0.3) is 0 Å². The highest BCUT2D eigenvalue weighted by atomic mass is 16.2. The maximum Gasteiger partial charge on any atom is 0.236 e. The number of amides is 1. The van der Waals surface area contributed by atoms with E-state index in [2.05, 4.69) is 31.4 Å². The zero-order chi connectivity index (χ0) is 11.5. The molecule has 2 atom stereocenters. The lowest BCUT2D eigenvalue weighted by atomic mass is 10.2. The molecule has 1 amide bonds. The molecule has 2 N–H and O–H groups in total. The molecule has 0 bridgehead atoms. The quantitative estimate of drug-likeness (QED) is 0.658. The second-order valence-corrected chi connectivity index (χ2v) is 5.28. The second-order valence-electron chi connectivity index (χ2n) is 5.28. The number of carbonyl (C=O) groups is 1. The average molecular weight is 212 g/mol. The van der Waals surface area contributed by atoms with Gasteiger partial charge in [-0.15, -0.1) is 0 Å². The van der Waals surface area contributed by atoms with Gasteiger partial charge in [0, 0.05) is 12.6 Å². The van der Waals surface area contributed by atoms with Crippen LogP contribution in [-0.4, -0.2) is 24.5 Å². The predicted molar refractivity (Wildman–Crippen MR) is 62.7 cm³/mol. The van der Waals surface area contributed by atoms with Gasteiger partial charge in [0.1, 0.15) is 0 Å². The second kappa shape index (κ2) is 4.97. The molecule has 3 nitrogen and oxygen atoms in total. The summed E-state index contributed by atoms with van der Waals surface area (Å²) in [6.45, 7) is 9.32. The molecule has 1 fully saturated rings. The number of unbranched alkanes of at least 4 members (excludes halogenated alkanes) is 1. The number of hydrogen-bond donors (Lipinski definition) is 2. The lowest BCUT2D eigenvalue weighted by Crippen LogP contribution is -2.44. The third-order valence-electron chi connectivity index (χ3n) is 3.19. The number of nitrogens with one attached hydrogen (secondary N) is 2. The molecule has 0 aromatic rings. The highest BCUT2D eigenvalue weighted by molar-refractivity contribution is 5.81. The van der Waals surface area contributed by atoms with E-state index in [1.807, 2.05) is 6.92 Å². The van der Waals surface area contributed by atoms with Crippen molar-refractivity contribution >= 4 is 5.91 Å². The summed E-state index contributed by atoms with van der Waals surface area (Å²) in [4.78, 5) is 11.6. The summed E-state index contributed by atoms with van der Waals surface area (Å²) < 4.78 is 0. The van der Waals surface area contributed by atoms with Crippen LogP contribution in [0.15, 0.2) is 0 Å². The summed E-state index contributed by atoms with van der Waals surface area (Å²) in [5.74, 6) is 0.131. The van der Waals surface area contributed by atoms with Crippen molar-refractivity contribution in [1.29, 1.82) is 0 Å². The van der Waals surface area contributed by atoms with Crippen LogP contribution < -0.4 is 10.6 Å². The van der Waals surface area contributed by atoms with E-state index >= 15 is 0 Å². The molecule has 15 heavy (non-hydrogen) atoms. The topological polar surface area (TPSA) is 41.1 Å². The minimum absolute atomic E-state index is 0.0615. The van der Waals surface area contributed by atoms with E-state index in [4.69, 9.17) is 0 Å². The van der Waals surface area contributed by atoms with E-state index in [-0.39, 0.29) is 11.9 Å². The van der Waals surface area contributed by atoms with Crippen LogP contribution in [0.3, 0.4) is 0 Å². The van der Waals surface area contributed by atoms with E-state index in [1.165, 1.54) is 6.42 Å². The molecule has 2 unspecified atom stereocenters. The smallest absolute Gasteiger partial charge is 0.236 e. The van der Waals surface area contributed by atoms with Gasteiger partial charge in [-0.1, -0.05) is 27.2 Å². The summed E-state index contributed by atoms with van der Waals surface area (Å²) in [5, 5.41) is 6.30. The van der Waals surface area contributed by atoms with Gasteiger partial charge < -0.3 is 10.6 Å². The molecule has 3 heteroatoms. The fourth-order valence-corrected chi connectivity index (χ4v) is 1.67. The first-order chi connectivity index (χ1) is 6.97. The Morgan fingerprint density at radius 2 is 2.13 bits per heavy atom. The van der Waals surface area contributed by atoms with Crippen LogP contribution in [0.1, 0.15) is 47.0 Å². The van der Waals surface area contributed by atoms with Gasteiger partial charge in [-0.3, -0.25) is 4.79 Å². The molecule has 0 aromatic carbocycles. The molecule has 0 radical (unpaired) electrons. The van der Waals surface area contributed by atoms with Gasteiger partial charge in [0.15, 0.2) is 0 Å². The molecule has 88 valence electrons. The van der Waals surface area contributed by atoms with Crippen molar-refractivity contribution in [2.75, 3.05) is 6.54 Å². The van der Waals surface area contributed by atoms with Crippen molar-refractivity contribution < 1.29 is 4.79 Å². The van der Waals surface area contributed by atoms with Crippen molar-refractivity contribution in [1.82, 2.24) is 10.6 Å². The Hall–Kier alpha value is -0.570. The molecule has 1 rings (SSSR count). The molecule has 0 saturated heterocycles. The summed E-state index contributed by atoms with van der Waals surface area (Å²) >= 11 is 0. The van der Waals surface area contributed by atoms with E-state index in [9.17, 15) is 4.79 Å². The van der Waals surface area contributed by atoms with Crippen molar-refractivity contribution in [2.24, 2.45) is 5.41 Å². The zero-order valence-electron chi connectivity index (χ0n) is 10.4. The van der Waals surface area contributed by atoms with Gasteiger partial charge in [-0.05, 0) is 25.2 Å². The molecular weight excluding hydrogens is 188 g/mol. The Balaban J connectivity index is 2.16. The average Bonchev–Trinajstić information content (AvgIpc) is 2.73. The van der Waals surface area contributed by atoms with Crippen molar-refractivity contribution in [3.63, 3.8) is 0 Å². The maximum atomic E-state index is 11.6. The first kappa shape index (κ1) is 12.5. The molecule has 0 aliphatic heterocycles. The minimum atomic E-state index is -0.0615. The summed E-state index contributed by atoms with van der Waals surface area (Å²) in [6, 6.07) is 0.457. The Labute approximate surface area is 93.0 Å². The van der Waals surface area contributed by atoms with Crippen LogP contribution in [0.4, 0.5) is 0 Å². The molecular formula is C12H24N2O. The van der Waals surface area contributed by atoms with Crippen LogP contribution in [0, 0.1) is 5.41 Å². The SMILES string of the molecule is CCCCNC(=O)C(C)NC1CC1(C)C. The van der Waals surface area contributed by atoms with Crippen LogP contribution in [0.25, 0.3) is 0 Å². The van der Waals surface area contributed by atoms with Crippen LogP contribution in [-0.2, 0) is 4.79 Å². The minimum Gasteiger partial charge on any atom is -0.355 e. The highest BCUT2D eigenvalue weighted by Crippen LogP contribution is 2.44. The summed E-state index contributed by atoms with van der Waals surface area (Å²) in [5.41, 5.74) is 0.387. The Kier molecular flexibility index (Phi) is 4.14. The summed E-state index contributed by atoms with van der Waals surface area (Å²) in [6.07, 6.45) is 3.37. The first-order valence-electron chi connectivity index (χ1n) is 6.01. The van der Waals surface area contributed by atoms with E-state index < -0.39 is 0 Å². The lowest BCUT2D eigenvalue weighted by Gasteiger charge is -2.14. The zero-order valence-corrected chi connectivity index (χ0v) is 10.4. The molecule has 1 aliphatic rings. The third kappa shape index (κ3) is 3.82. The normalized spacial score (nSPS) is 24.7. The largest absolute Gasteiger partial charge is 0.355 e. The monoisotopic (exact) mass is 212 g/mol. The van der Waals surface area contributed by atoms with E-state index in [1.54, 1.807) is 0 Å². The molecule has 0 spiro atoms. The van der Waals surface area contributed by atoms with Gasteiger partial charge in [0.05, 0.1) is 6.04 Å². The standard InChI is InChI=1S/C12H24N2O/c1-5-6-7-13-11(15)9(2)14-10-8-12(10,3)4/h9-10,14H,5-8H2,1-4H3,(H,13,15). The van der Waals surface area contributed by atoms with Crippen LogP contribution in [0.5, 0.6) is 0 Å². The molecule has 0 heterocycles. The Morgan fingerprint density at radius 1 is 1.53 bits per heavy atom. The maximum absolute atomic E-state index is 11.6. The van der Waals surface area contributed by atoms with Crippen LogP contribution in [0.2, 0.25) is 0 Å². The Morgan fingerprint density at radius 3 is 2.60 bits per heavy atom. The Bertz CT molecular complexity index is 226. The van der Waals surface area contributed by atoms with Gasteiger partial charge in [-0.25, -0.2) is 0 Å². The lowest BCUT2D eigenvalue weighted by molar-refractivity contribution is -0.122. The highest BCUT2D eigenvalue weighted by Gasteiger charge is 2.46. The fourth-order valence-electron chi connectivity index (χ4n) is 1.67. The van der Waals surface area contributed by atoms with E-state index in [0.717, 1.165) is 19.4 Å². The van der Waals surface area contributed by atoms with Crippen molar-refractivity contribution in [2.45, 2.75) is 59.0 Å². The van der Waals surface area contributed by atoms with Crippen LogP contribution >= 0.6 is 0 Å². The van der Waals surface area contributed by atoms with Gasteiger partial charge in [-0.2, -0.15) is 0 Å². The molecule has 1 aliphatic carbocycles.